The van der Waals surface area contributed by atoms with E-state index in [1.807, 2.05) is 54.6 Å². The molecular weight excluding hydrogens is 484 g/mol. The number of amides is 1. The Hall–Kier alpha value is -5.11. The fourth-order valence-corrected chi connectivity index (χ4v) is 3.47. The van der Waals surface area contributed by atoms with Crippen molar-refractivity contribution in [1.29, 1.82) is 0 Å². The molecule has 0 fully saturated rings. The number of hydrazone groups is 1. The number of rotatable bonds is 10. The average Bonchev–Trinajstić information content (AvgIpc) is 2.97. The molecular formula is C30H26N2O6. The Morgan fingerprint density at radius 2 is 1.45 bits per heavy atom. The summed E-state index contributed by atoms with van der Waals surface area (Å²) in [4.78, 5) is 24.6. The normalized spacial score (nSPS) is 10.6. The van der Waals surface area contributed by atoms with Gasteiger partial charge in [-0.2, -0.15) is 5.10 Å². The van der Waals surface area contributed by atoms with Crippen LogP contribution in [0.5, 0.6) is 23.0 Å². The van der Waals surface area contributed by atoms with E-state index in [9.17, 15) is 9.59 Å². The Kier molecular flexibility index (Phi) is 8.70. The maximum Gasteiger partial charge on any atom is 0.343 e. The summed E-state index contributed by atoms with van der Waals surface area (Å²) in [5, 5.41) is 3.96. The van der Waals surface area contributed by atoms with Crippen molar-refractivity contribution in [3.63, 3.8) is 0 Å². The zero-order chi connectivity index (χ0) is 26.7. The second kappa shape index (κ2) is 12.7. The van der Waals surface area contributed by atoms with Gasteiger partial charge in [0, 0.05) is 0 Å². The van der Waals surface area contributed by atoms with Crippen LogP contribution in [0.15, 0.2) is 102 Å². The van der Waals surface area contributed by atoms with Gasteiger partial charge in [0.25, 0.3) is 5.91 Å². The Balaban J connectivity index is 1.28. The Morgan fingerprint density at radius 3 is 2.13 bits per heavy atom. The largest absolute Gasteiger partial charge is 0.497 e. The lowest BCUT2D eigenvalue weighted by Gasteiger charge is -2.10. The maximum atomic E-state index is 12.5. The third-order valence-corrected chi connectivity index (χ3v) is 5.45. The number of esters is 1. The lowest BCUT2D eigenvalue weighted by Crippen LogP contribution is -2.24. The number of hydrogen-bond donors (Lipinski definition) is 1. The van der Waals surface area contributed by atoms with Gasteiger partial charge in [0.15, 0.2) is 18.1 Å². The van der Waals surface area contributed by atoms with Crippen LogP contribution in [-0.4, -0.2) is 38.9 Å². The molecule has 0 unspecified atom stereocenters. The van der Waals surface area contributed by atoms with Crippen molar-refractivity contribution in [2.24, 2.45) is 5.10 Å². The van der Waals surface area contributed by atoms with Crippen LogP contribution >= 0.6 is 0 Å². The summed E-state index contributed by atoms with van der Waals surface area (Å²) < 4.78 is 21.4. The fraction of sp³-hybridized carbons (Fsp3) is 0.100. The standard InChI is InChI=1S/C30H26N2O6/c1-35-25-13-11-24(12-14-25)30(34)38-27-17-8-21(18-28(27)36-2)19-31-32-29(33)20-37-26-15-9-23(10-16-26)22-6-4-3-5-7-22/h3-19H,20H2,1-2H3,(H,32,33)/b31-19+. The van der Waals surface area contributed by atoms with Gasteiger partial charge in [-0.15, -0.1) is 0 Å². The third-order valence-electron chi connectivity index (χ3n) is 5.45. The SMILES string of the molecule is COc1ccc(C(=O)Oc2ccc(/C=N/NC(=O)COc3ccc(-c4ccccc4)cc3)cc2OC)cc1. The molecule has 192 valence electrons. The molecule has 4 aromatic rings. The minimum atomic E-state index is -0.533. The van der Waals surface area contributed by atoms with Crippen molar-refractivity contribution in [3.8, 4) is 34.1 Å². The van der Waals surface area contributed by atoms with E-state index in [1.54, 1.807) is 49.6 Å². The first-order valence-corrected chi connectivity index (χ1v) is 11.7. The van der Waals surface area contributed by atoms with Gasteiger partial charge >= 0.3 is 5.97 Å². The third kappa shape index (κ3) is 6.98. The van der Waals surface area contributed by atoms with Crippen LogP contribution in [0.25, 0.3) is 11.1 Å². The lowest BCUT2D eigenvalue weighted by atomic mass is 10.1. The van der Waals surface area contributed by atoms with Crippen molar-refractivity contribution >= 4 is 18.1 Å². The monoisotopic (exact) mass is 510 g/mol. The van der Waals surface area contributed by atoms with Crippen molar-refractivity contribution in [3.05, 3.63) is 108 Å². The maximum absolute atomic E-state index is 12.5. The van der Waals surface area contributed by atoms with Gasteiger partial charge in [-0.3, -0.25) is 4.79 Å². The molecule has 0 bridgehead atoms. The number of hydrogen-bond acceptors (Lipinski definition) is 7. The van der Waals surface area contributed by atoms with Gasteiger partial charge in [0.2, 0.25) is 0 Å². The average molecular weight is 511 g/mol. The fourth-order valence-electron chi connectivity index (χ4n) is 3.47. The number of carbonyl (C=O) groups is 2. The summed E-state index contributed by atoms with van der Waals surface area (Å²) in [5.74, 6) is 0.859. The molecule has 0 heterocycles. The van der Waals surface area contributed by atoms with Crippen LogP contribution in [-0.2, 0) is 4.79 Å². The molecule has 1 amide bonds. The highest BCUT2D eigenvalue weighted by atomic mass is 16.6. The molecule has 0 spiro atoms. The molecule has 4 rings (SSSR count). The quantitative estimate of drug-likeness (QED) is 0.138. The van der Waals surface area contributed by atoms with E-state index in [0.717, 1.165) is 11.1 Å². The molecule has 0 aromatic heterocycles. The summed E-state index contributed by atoms with van der Waals surface area (Å²) in [6, 6.07) is 29.0. The Morgan fingerprint density at radius 1 is 0.763 bits per heavy atom. The van der Waals surface area contributed by atoms with Gasteiger partial charge < -0.3 is 18.9 Å². The molecule has 8 heteroatoms. The molecule has 0 aliphatic rings. The number of methoxy groups -OCH3 is 2. The van der Waals surface area contributed by atoms with E-state index >= 15 is 0 Å². The van der Waals surface area contributed by atoms with E-state index in [4.69, 9.17) is 18.9 Å². The Bertz CT molecular complexity index is 1400. The molecule has 0 saturated heterocycles. The highest BCUT2D eigenvalue weighted by molar-refractivity contribution is 5.92. The van der Waals surface area contributed by atoms with Gasteiger partial charge in [0.05, 0.1) is 26.0 Å². The summed E-state index contributed by atoms with van der Waals surface area (Å²) in [6.07, 6.45) is 1.45. The number of ether oxygens (including phenoxy) is 4. The number of carbonyl (C=O) groups excluding carboxylic acids is 2. The highest BCUT2D eigenvalue weighted by Crippen LogP contribution is 2.28. The van der Waals surface area contributed by atoms with Crippen LogP contribution in [0.2, 0.25) is 0 Å². The van der Waals surface area contributed by atoms with E-state index < -0.39 is 11.9 Å². The van der Waals surface area contributed by atoms with Crippen molar-refractivity contribution in [2.45, 2.75) is 0 Å². The molecule has 4 aromatic carbocycles. The number of nitrogens with one attached hydrogen (secondary N) is 1. The van der Waals surface area contributed by atoms with Crippen LogP contribution in [0, 0.1) is 0 Å². The van der Waals surface area contributed by atoms with Gasteiger partial charge in [0.1, 0.15) is 11.5 Å². The minimum absolute atomic E-state index is 0.189. The summed E-state index contributed by atoms with van der Waals surface area (Å²) in [7, 11) is 3.01. The number of benzene rings is 4. The van der Waals surface area contributed by atoms with Crippen LogP contribution in [0.1, 0.15) is 15.9 Å². The highest BCUT2D eigenvalue weighted by Gasteiger charge is 2.13. The van der Waals surface area contributed by atoms with Crippen molar-refractivity contribution in [2.75, 3.05) is 20.8 Å². The topological polar surface area (TPSA) is 95.5 Å². The summed E-state index contributed by atoms with van der Waals surface area (Å²) in [5.41, 5.74) is 5.58. The van der Waals surface area contributed by atoms with Crippen LogP contribution < -0.4 is 24.4 Å². The predicted octanol–water partition coefficient (Wildman–Crippen LogP) is 5.12. The van der Waals surface area contributed by atoms with E-state index in [1.165, 1.54) is 13.3 Å². The molecule has 0 radical (unpaired) electrons. The van der Waals surface area contributed by atoms with Crippen molar-refractivity contribution in [1.82, 2.24) is 5.43 Å². The van der Waals surface area contributed by atoms with E-state index in [-0.39, 0.29) is 12.4 Å². The zero-order valence-corrected chi connectivity index (χ0v) is 20.9. The predicted molar refractivity (Wildman–Crippen MR) is 144 cm³/mol. The molecule has 38 heavy (non-hydrogen) atoms. The van der Waals surface area contributed by atoms with Crippen molar-refractivity contribution < 1.29 is 28.5 Å². The molecule has 0 saturated carbocycles. The molecule has 0 atom stereocenters. The van der Waals surface area contributed by atoms with Gasteiger partial charge in [-0.05, 0) is 71.3 Å². The first kappa shape index (κ1) is 26.0. The first-order valence-electron chi connectivity index (χ1n) is 11.7. The van der Waals surface area contributed by atoms with Gasteiger partial charge in [-0.25, -0.2) is 10.2 Å². The van der Waals surface area contributed by atoms with Crippen LogP contribution in [0.3, 0.4) is 0 Å². The minimum Gasteiger partial charge on any atom is -0.497 e. The van der Waals surface area contributed by atoms with E-state index in [0.29, 0.717) is 28.4 Å². The molecule has 8 nitrogen and oxygen atoms in total. The summed E-state index contributed by atoms with van der Waals surface area (Å²) >= 11 is 0. The molecule has 1 N–H and O–H groups in total. The molecule has 0 aliphatic heterocycles. The smallest absolute Gasteiger partial charge is 0.343 e. The number of nitrogens with zero attached hydrogens (tertiary/aromatic N) is 1. The van der Waals surface area contributed by atoms with Gasteiger partial charge in [-0.1, -0.05) is 42.5 Å². The first-order chi connectivity index (χ1) is 18.6. The summed E-state index contributed by atoms with van der Waals surface area (Å²) in [6.45, 7) is -0.189. The van der Waals surface area contributed by atoms with Crippen LogP contribution in [0.4, 0.5) is 0 Å². The van der Waals surface area contributed by atoms with E-state index in [2.05, 4.69) is 10.5 Å². The second-order valence-electron chi connectivity index (χ2n) is 8.00. The molecule has 0 aliphatic carbocycles. The second-order valence-corrected chi connectivity index (χ2v) is 8.00. The zero-order valence-electron chi connectivity index (χ0n) is 20.9. The lowest BCUT2D eigenvalue weighted by molar-refractivity contribution is -0.123. The Labute approximate surface area is 220 Å².